The maximum atomic E-state index is 13.6. The highest BCUT2D eigenvalue weighted by atomic mass is 19.1. The lowest BCUT2D eigenvalue weighted by Gasteiger charge is -2.19. The van der Waals surface area contributed by atoms with Crippen LogP contribution in [0, 0.1) is 12.7 Å². The number of fused-ring (bicyclic) bond motifs is 2. The summed E-state index contributed by atoms with van der Waals surface area (Å²) in [5, 5.41) is 0. The van der Waals surface area contributed by atoms with Crippen LogP contribution in [0.2, 0.25) is 0 Å². The van der Waals surface area contributed by atoms with Gasteiger partial charge in [-0.25, -0.2) is 19.3 Å². The van der Waals surface area contributed by atoms with Gasteiger partial charge in [0.05, 0.1) is 11.2 Å². The van der Waals surface area contributed by atoms with Gasteiger partial charge < -0.3 is 9.47 Å². The van der Waals surface area contributed by atoms with Gasteiger partial charge in [0.15, 0.2) is 5.82 Å². The minimum absolute atomic E-state index is 0.0283. The largest absolute Gasteiger partial charge is 0.324 e. The highest BCUT2D eigenvalue weighted by Gasteiger charge is 2.24. The van der Waals surface area contributed by atoms with E-state index in [1.807, 2.05) is 18.2 Å². The summed E-state index contributed by atoms with van der Waals surface area (Å²) >= 11 is 0. The molecule has 29 heavy (non-hydrogen) atoms. The molecule has 0 amide bonds. The quantitative estimate of drug-likeness (QED) is 0.527. The Labute approximate surface area is 166 Å². The minimum atomic E-state index is -0.233. The van der Waals surface area contributed by atoms with Gasteiger partial charge in [-0.3, -0.25) is 4.79 Å². The molecule has 4 heterocycles. The van der Waals surface area contributed by atoms with Crippen LogP contribution in [0.25, 0.3) is 22.3 Å². The Bertz CT molecular complexity index is 1300. The molecule has 0 saturated carbocycles. The number of aromatic nitrogens is 4. The summed E-state index contributed by atoms with van der Waals surface area (Å²) in [6, 6.07) is 10.5. The summed E-state index contributed by atoms with van der Waals surface area (Å²) in [6.45, 7) is 2.50. The van der Waals surface area contributed by atoms with Crippen LogP contribution in [0.4, 0.5) is 15.9 Å². The van der Waals surface area contributed by atoms with Gasteiger partial charge in [0, 0.05) is 36.6 Å². The fourth-order valence-electron chi connectivity index (χ4n) is 3.89. The molecule has 0 atom stereocenters. The molecule has 6 nitrogen and oxygen atoms in total. The molecule has 0 fully saturated rings. The molecular weight excluding hydrogens is 369 g/mol. The van der Waals surface area contributed by atoms with Gasteiger partial charge in [-0.05, 0) is 55.3 Å². The lowest BCUT2D eigenvalue weighted by molar-refractivity contribution is 0.626. The first-order valence-corrected chi connectivity index (χ1v) is 9.36. The topological polar surface area (TPSA) is 63.9 Å². The van der Waals surface area contributed by atoms with Gasteiger partial charge in [-0.2, -0.15) is 0 Å². The number of nitrogens with zero attached hydrogens (tertiary/aromatic N) is 5. The Morgan fingerprint density at radius 1 is 1.10 bits per heavy atom. The number of anilines is 2. The Morgan fingerprint density at radius 3 is 2.79 bits per heavy atom. The lowest BCUT2D eigenvalue weighted by Crippen LogP contribution is -2.18. The van der Waals surface area contributed by atoms with E-state index in [9.17, 15) is 9.18 Å². The van der Waals surface area contributed by atoms with E-state index in [1.54, 1.807) is 36.9 Å². The van der Waals surface area contributed by atoms with E-state index < -0.39 is 0 Å². The van der Waals surface area contributed by atoms with Crippen molar-refractivity contribution in [1.82, 2.24) is 19.5 Å². The van der Waals surface area contributed by atoms with E-state index in [0.29, 0.717) is 23.4 Å². The smallest absolute Gasteiger partial charge is 0.253 e. The van der Waals surface area contributed by atoms with Crippen LogP contribution in [0.1, 0.15) is 11.1 Å². The highest BCUT2D eigenvalue weighted by Crippen LogP contribution is 2.36. The highest BCUT2D eigenvalue weighted by molar-refractivity contribution is 5.90. The fraction of sp³-hybridized carbons (Fsp3) is 0.182. The third kappa shape index (κ3) is 2.86. The number of hydrogen-bond donors (Lipinski definition) is 0. The molecule has 5 rings (SSSR count). The molecule has 0 aliphatic carbocycles. The molecule has 1 aliphatic heterocycles. The first kappa shape index (κ1) is 17.5. The Balaban J connectivity index is 1.67. The zero-order chi connectivity index (χ0) is 20.1. The normalized spacial score (nSPS) is 13.1. The van der Waals surface area contributed by atoms with Crippen LogP contribution in [-0.2, 0) is 13.5 Å². The second-order valence-electron chi connectivity index (χ2n) is 7.26. The average Bonchev–Trinajstić information content (AvgIpc) is 3.13. The van der Waals surface area contributed by atoms with Crippen molar-refractivity contribution in [2.24, 2.45) is 7.05 Å². The van der Waals surface area contributed by atoms with Crippen LogP contribution in [0.5, 0.6) is 0 Å². The standard InChI is InChI=1S/C22H18FN5O/c1-13-9-15(11-27(2)22(13)29)17-4-5-18-20(26-17)21(25-12-24-18)28-8-7-14-10-16(23)3-6-19(14)28/h3-6,9-12H,7-8H2,1-2H3. The zero-order valence-electron chi connectivity index (χ0n) is 16.1. The van der Waals surface area contributed by atoms with E-state index in [2.05, 4.69) is 14.9 Å². The van der Waals surface area contributed by atoms with Crippen molar-refractivity contribution in [2.75, 3.05) is 11.4 Å². The molecule has 0 unspecified atom stereocenters. The monoisotopic (exact) mass is 387 g/mol. The molecule has 0 radical (unpaired) electrons. The second-order valence-corrected chi connectivity index (χ2v) is 7.26. The molecule has 0 spiro atoms. The molecule has 1 aliphatic rings. The van der Waals surface area contributed by atoms with Crippen molar-refractivity contribution in [3.63, 3.8) is 0 Å². The zero-order valence-corrected chi connectivity index (χ0v) is 16.1. The number of rotatable bonds is 2. The maximum Gasteiger partial charge on any atom is 0.253 e. The summed E-state index contributed by atoms with van der Waals surface area (Å²) in [5.41, 5.74) is 5.53. The summed E-state index contributed by atoms with van der Waals surface area (Å²) in [4.78, 5) is 27.8. The van der Waals surface area contributed by atoms with Crippen LogP contribution >= 0.6 is 0 Å². The summed E-state index contributed by atoms with van der Waals surface area (Å²) in [5.74, 6) is 0.465. The average molecular weight is 387 g/mol. The van der Waals surface area contributed by atoms with Crippen molar-refractivity contribution >= 4 is 22.5 Å². The van der Waals surface area contributed by atoms with Crippen LogP contribution in [0.15, 0.2) is 53.7 Å². The SMILES string of the molecule is Cc1cc(-c2ccc3ncnc(N4CCc5cc(F)ccc54)c3n2)cn(C)c1=O. The molecule has 0 bridgehead atoms. The Hall–Kier alpha value is -3.61. The molecule has 0 saturated heterocycles. The van der Waals surface area contributed by atoms with Gasteiger partial charge in [0.1, 0.15) is 17.7 Å². The fourth-order valence-corrected chi connectivity index (χ4v) is 3.89. The molecule has 7 heteroatoms. The number of benzene rings is 1. The third-order valence-electron chi connectivity index (χ3n) is 5.31. The molecule has 144 valence electrons. The summed E-state index contributed by atoms with van der Waals surface area (Å²) < 4.78 is 15.2. The van der Waals surface area contributed by atoms with Gasteiger partial charge in [-0.1, -0.05) is 0 Å². The number of hydrogen-bond acceptors (Lipinski definition) is 5. The number of pyridine rings is 2. The summed E-state index contributed by atoms with van der Waals surface area (Å²) in [6.07, 6.45) is 4.05. The predicted molar refractivity (Wildman–Crippen MR) is 110 cm³/mol. The molecule has 4 aromatic rings. The van der Waals surface area contributed by atoms with E-state index in [-0.39, 0.29) is 11.4 Å². The van der Waals surface area contributed by atoms with E-state index >= 15 is 0 Å². The van der Waals surface area contributed by atoms with Crippen LogP contribution in [0.3, 0.4) is 0 Å². The predicted octanol–water partition coefficient (Wildman–Crippen LogP) is 3.53. The first-order chi connectivity index (χ1) is 14.0. The maximum absolute atomic E-state index is 13.6. The van der Waals surface area contributed by atoms with Gasteiger partial charge in [0.2, 0.25) is 0 Å². The molecule has 1 aromatic carbocycles. The van der Waals surface area contributed by atoms with Crippen LogP contribution in [-0.4, -0.2) is 26.1 Å². The van der Waals surface area contributed by atoms with Crippen molar-refractivity contribution in [3.8, 4) is 11.3 Å². The van der Waals surface area contributed by atoms with Crippen molar-refractivity contribution in [1.29, 1.82) is 0 Å². The molecule has 0 N–H and O–H groups in total. The van der Waals surface area contributed by atoms with E-state index in [0.717, 1.165) is 34.4 Å². The summed E-state index contributed by atoms with van der Waals surface area (Å²) in [7, 11) is 1.73. The minimum Gasteiger partial charge on any atom is -0.324 e. The van der Waals surface area contributed by atoms with Gasteiger partial charge in [0.25, 0.3) is 5.56 Å². The first-order valence-electron chi connectivity index (χ1n) is 9.36. The van der Waals surface area contributed by atoms with Gasteiger partial charge >= 0.3 is 0 Å². The van der Waals surface area contributed by atoms with Crippen molar-refractivity contribution < 1.29 is 4.39 Å². The molecule has 3 aromatic heterocycles. The Kier molecular flexibility index (Phi) is 3.91. The van der Waals surface area contributed by atoms with E-state index in [4.69, 9.17) is 4.98 Å². The van der Waals surface area contributed by atoms with Crippen LogP contribution < -0.4 is 10.5 Å². The molecular formula is C22H18FN5O. The Morgan fingerprint density at radius 2 is 1.97 bits per heavy atom. The van der Waals surface area contributed by atoms with Crippen molar-refractivity contribution in [3.05, 3.63) is 76.2 Å². The lowest BCUT2D eigenvalue weighted by atomic mass is 10.1. The second kappa shape index (κ2) is 6.48. The van der Waals surface area contributed by atoms with Crippen molar-refractivity contribution in [2.45, 2.75) is 13.3 Å². The number of aryl methyl sites for hydroxylation is 2. The number of halogens is 1. The third-order valence-corrected chi connectivity index (χ3v) is 5.31. The van der Waals surface area contributed by atoms with Gasteiger partial charge in [-0.15, -0.1) is 0 Å². The van der Waals surface area contributed by atoms with E-state index in [1.165, 1.54) is 12.4 Å².